The molecule has 0 bridgehead atoms. The second-order valence-corrected chi connectivity index (χ2v) is 6.16. The highest BCUT2D eigenvalue weighted by molar-refractivity contribution is 9.09. The van der Waals surface area contributed by atoms with E-state index in [0.717, 1.165) is 44.6 Å². The summed E-state index contributed by atoms with van der Waals surface area (Å²) < 4.78 is 0. The van der Waals surface area contributed by atoms with E-state index in [1.807, 2.05) is 12.1 Å². The lowest BCUT2D eigenvalue weighted by Crippen LogP contribution is -2.46. The zero-order valence-electron chi connectivity index (χ0n) is 10.2. The van der Waals surface area contributed by atoms with Gasteiger partial charge in [-0.1, -0.05) is 45.2 Å². The molecule has 0 atom stereocenters. The van der Waals surface area contributed by atoms with Gasteiger partial charge in [0.25, 0.3) is 0 Å². The Kier molecular flexibility index (Phi) is 5.77. The Labute approximate surface area is 127 Å². The lowest BCUT2D eigenvalue weighted by atomic mass is 10.2. The first-order valence-corrected chi connectivity index (χ1v) is 8.01. The summed E-state index contributed by atoms with van der Waals surface area (Å²) >= 11 is 15.4. The highest BCUT2D eigenvalue weighted by Gasteiger charge is 2.16. The predicted molar refractivity (Wildman–Crippen MR) is 82.0 cm³/mol. The first-order valence-electron chi connectivity index (χ1n) is 6.13. The molecule has 0 aromatic heterocycles. The fourth-order valence-electron chi connectivity index (χ4n) is 2.19. The van der Waals surface area contributed by atoms with Crippen molar-refractivity contribution in [2.75, 3.05) is 38.1 Å². The van der Waals surface area contributed by atoms with Gasteiger partial charge in [-0.25, -0.2) is 0 Å². The maximum atomic E-state index is 6.03. The Morgan fingerprint density at radius 3 is 2.28 bits per heavy atom. The van der Waals surface area contributed by atoms with E-state index in [9.17, 15) is 0 Å². The van der Waals surface area contributed by atoms with Crippen LogP contribution in [0.15, 0.2) is 18.2 Å². The molecule has 1 aliphatic heterocycles. The molecule has 18 heavy (non-hydrogen) atoms. The van der Waals surface area contributed by atoms with Crippen molar-refractivity contribution in [3.8, 4) is 0 Å². The molecule has 0 spiro atoms. The molecule has 1 fully saturated rings. The lowest BCUT2D eigenvalue weighted by Gasteiger charge is -2.34. The maximum absolute atomic E-state index is 6.03. The molecule has 1 saturated heterocycles. The molecule has 1 aliphatic rings. The summed E-state index contributed by atoms with van der Waals surface area (Å²) in [7, 11) is 0. The molecular formula is C13H17BrCl2N2. The summed E-state index contributed by atoms with van der Waals surface area (Å²) in [5, 5.41) is 2.33. The number of benzene rings is 1. The summed E-state index contributed by atoms with van der Waals surface area (Å²) in [6, 6.07) is 5.90. The third-order valence-corrected chi connectivity index (χ3v) is 4.35. The van der Waals surface area contributed by atoms with Gasteiger partial charge in [-0.05, 0) is 17.7 Å². The lowest BCUT2D eigenvalue weighted by molar-refractivity contribution is 0.133. The number of rotatable bonds is 4. The number of hydrogen-bond acceptors (Lipinski definition) is 2. The van der Waals surface area contributed by atoms with Gasteiger partial charge in [0, 0.05) is 44.6 Å². The average molecular weight is 352 g/mol. The van der Waals surface area contributed by atoms with Crippen LogP contribution in [0.5, 0.6) is 0 Å². The van der Waals surface area contributed by atoms with Crippen molar-refractivity contribution in [2.45, 2.75) is 6.54 Å². The molecule has 0 radical (unpaired) electrons. The average Bonchev–Trinajstić information content (AvgIpc) is 2.37. The fourth-order valence-corrected chi connectivity index (χ4v) is 3.01. The summed E-state index contributed by atoms with van der Waals surface area (Å²) in [4.78, 5) is 4.95. The van der Waals surface area contributed by atoms with Gasteiger partial charge in [0.05, 0.1) is 10.0 Å². The van der Waals surface area contributed by atoms with Crippen molar-refractivity contribution >= 4 is 39.1 Å². The molecule has 0 amide bonds. The summed E-state index contributed by atoms with van der Waals surface area (Å²) in [6.07, 6.45) is 0. The van der Waals surface area contributed by atoms with Crippen LogP contribution >= 0.6 is 39.1 Å². The Hall–Kier alpha value is 0.200. The van der Waals surface area contributed by atoms with Gasteiger partial charge in [-0.15, -0.1) is 0 Å². The SMILES string of the molecule is Clc1ccc(CN2CCN(CCBr)CC2)cc1Cl. The molecule has 2 nitrogen and oxygen atoms in total. The third kappa shape index (κ3) is 4.10. The quantitative estimate of drug-likeness (QED) is 0.766. The van der Waals surface area contributed by atoms with Crippen molar-refractivity contribution in [3.63, 3.8) is 0 Å². The van der Waals surface area contributed by atoms with E-state index in [4.69, 9.17) is 23.2 Å². The standard InChI is InChI=1S/C13H17BrCl2N2/c14-3-4-17-5-7-18(8-6-17)10-11-1-2-12(15)13(16)9-11/h1-2,9H,3-8,10H2. The molecule has 0 aliphatic carbocycles. The molecule has 0 N–H and O–H groups in total. The molecule has 5 heteroatoms. The van der Waals surface area contributed by atoms with E-state index in [-0.39, 0.29) is 0 Å². The first kappa shape index (κ1) is 14.6. The van der Waals surface area contributed by atoms with Gasteiger partial charge in [0.1, 0.15) is 0 Å². The minimum absolute atomic E-state index is 0.627. The van der Waals surface area contributed by atoms with E-state index in [0.29, 0.717) is 10.0 Å². The Morgan fingerprint density at radius 2 is 1.67 bits per heavy atom. The maximum Gasteiger partial charge on any atom is 0.0595 e. The number of halogens is 3. The molecule has 100 valence electrons. The van der Waals surface area contributed by atoms with Crippen molar-refractivity contribution < 1.29 is 0 Å². The fraction of sp³-hybridized carbons (Fsp3) is 0.538. The van der Waals surface area contributed by atoms with Crippen LogP contribution in [0.1, 0.15) is 5.56 Å². The highest BCUT2D eigenvalue weighted by atomic mass is 79.9. The zero-order valence-corrected chi connectivity index (χ0v) is 13.3. The van der Waals surface area contributed by atoms with Crippen LogP contribution in [0.4, 0.5) is 0 Å². The van der Waals surface area contributed by atoms with Crippen molar-refractivity contribution in [2.24, 2.45) is 0 Å². The van der Waals surface area contributed by atoms with Crippen molar-refractivity contribution in [1.82, 2.24) is 9.80 Å². The molecule has 0 saturated carbocycles. The van der Waals surface area contributed by atoms with Gasteiger partial charge in [-0.3, -0.25) is 9.80 Å². The Bertz CT molecular complexity index is 393. The molecule has 1 heterocycles. The van der Waals surface area contributed by atoms with Crippen LogP contribution in [0, 0.1) is 0 Å². The minimum Gasteiger partial charge on any atom is -0.300 e. The van der Waals surface area contributed by atoms with E-state index >= 15 is 0 Å². The van der Waals surface area contributed by atoms with Crippen molar-refractivity contribution in [1.29, 1.82) is 0 Å². The number of piperazine rings is 1. The third-order valence-electron chi connectivity index (χ3n) is 3.26. The summed E-state index contributed by atoms with van der Waals surface area (Å²) in [6.45, 7) is 6.62. The van der Waals surface area contributed by atoms with E-state index in [1.165, 1.54) is 5.56 Å². The second kappa shape index (κ2) is 7.11. The van der Waals surface area contributed by atoms with E-state index in [2.05, 4.69) is 31.8 Å². The van der Waals surface area contributed by atoms with Crippen LogP contribution < -0.4 is 0 Å². The minimum atomic E-state index is 0.627. The number of hydrogen-bond donors (Lipinski definition) is 0. The highest BCUT2D eigenvalue weighted by Crippen LogP contribution is 2.23. The molecule has 0 unspecified atom stereocenters. The van der Waals surface area contributed by atoms with Gasteiger partial charge in [-0.2, -0.15) is 0 Å². The van der Waals surface area contributed by atoms with Crippen molar-refractivity contribution in [3.05, 3.63) is 33.8 Å². The summed E-state index contributed by atoms with van der Waals surface area (Å²) in [5.74, 6) is 0. The van der Waals surface area contributed by atoms with Crippen LogP contribution in [0.25, 0.3) is 0 Å². The van der Waals surface area contributed by atoms with E-state index < -0.39 is 0 Å². The van der Waals surface area contributed by atoms with E-state index in [1.54, 1.807) is 0 Å². The van der Waals surface area contributed by atoms with Gasteiger partial charge < -0.3 is 0 Å². The largest absolute Gasteiger partial charge is 0.300 e. The van der Waals surface area contributed by atoms with Crippen LogP contribution in [0.3, 0.4) is 0 Å². The smallest absolute Gasteiger partial charge is 0.0595 e. The molecular weight excluding hydrogens is 335 g/mol. The van der Waals surface area contributed by atoms with Crippen LogP contribution in [-0.4, -0.2) is 47.9 Å². The summed E-state index contributed by atoms with van der Waals surface area (Å²) in [5.41, 5.74) is 1.23. The number of nitrogens with zero attached hydrogens (tertiary/aromatic N) is 2. The Morgan fingerprint density at radius 1 is 1.00 bits per heavy atom. The van der Waals surface area contributed by atoms with Gasteiger partial charge >= 0.3 is 0 Å². The molecule has 1 aromatic carbocycles. The monoisotopic (exact) mass is 350 g/mol. The van der Waals surface area contributed by atoms with Gasteiger partial charge in [0.2, 0.25) is 0 Å². The molecule has 2 rings (SSSR count). The van der Waals surface area contributed by atoms with Gasteiger partial charge in [0.15, 0.2) is 0 Å². The van der Waals surface area contributed by atoms with Crippen LogP contribution in [-0.2, 0) is 6.54 Å². The number of alkyl halides is 1. The topological polar surface area (TPSA) is 6.48 Å². The Balaban J connectivity index is 1.85. The second-order valence-electron chi connectivity index (χ2n) is 4.56. The first-order chi connectivity index (χ1) is 8.69. The zero-order chi connectivity index (χ0) is 13.0. The van der Waals surface area contributed by atoms with Crippen LogP contribution in [0.2, 0.25) is 10.0 Å². The molecule has 1 aromatic rings. The predicted octanol–water partition coefficient (Wildman–Crippen LogP) is 3.51. The normalized spacial score (nSPS) is 18.2.